The fraction of sp³-hybridized carbons (Fsp3) is 0.346. The number of carbonyl (C=O) groups excluding carboxylic acids is 2. The number of hydrogen-bond acceptors (Lipinski definition) is 7. The molecule has 0 radical (unpaired) electrons. The normalized spacial score (nSPS) is 16.9. The standard InChI is InChI=1S/C26H30N4O5/c1-18-4-3-5-20(10-18)17-34-26(32)29-24-7-6-21(22-12-27-28-13-22)11-25(24)35-23(16-31)15-30-8-9-33-19(2)14-30/h3-7,10-13,16,19,23H,8-9,14-15,17H2,1-2H3,(H,27,28)(H,29,32). The van der Waals surface area contributed by atoms with E-state index in [0.717, 1.165) is 41.6 Å². The van der Waals surface area contributed by atoms with Crippen LogP contribution in [0.5, 0.6) is 5.75 Å². The van der Waals surface area contributed by atoms with Crippen LogP contribution in [-0.2, 0) is 20.9 Å². The molecule has 2 heterocycles. The second-order valence-electron chi connectivity index (χ2n) is 8.62. The van der Waals surface area contributed by atoms with Crippen LogP contribution in [-0.4, -0.2) is 65.9 Å². The maximum atomic E-state index is 12.5. The Labute approximate surface area is 204 Å². The largest absolute Gasteiger partial charge is 0.479 e. The zero-order chi connectivity index (χ0) is 24.6. The fourth-order valence-electron chi connectivity index (χ4n) is 3.99. The van der Waals surface area contributed by atoms with Crippen molar-refractivity contribution >= 4 is 18.1 Å². The lowest BCUT2D eigenvalue weighted by atomic mass is 10.1. The van der Waals surface area contributed by atoms with E-state index in [4.69, 9.17) is 14.2 Å². The fourth-order valence-corrected chi connectivity index (χ4v) is 3.99. The van der Waals surface area contributed by atoms with Crippen LogP contribution in [0.2, 0.25) is 0 Å². The Hall–Kier alpha value is -3.69. The molecule has 0 saturated carbocycles. The van der Waals surface area contributed by atoms with Gasteiger partial charge in [0.2, 0.25) is 0 Å². The van der Waals surface area contributed by atoms with E-state index in [1.54, 1.807) is 24.5 Å². The summed E-state index contributed by atoms with van der Waals surface area (Å²) in [4.78, 5) is 26.6. The molecule has 1 aliphatic heterocycles. The smallest absolute Gasteiger partial charge is 0.412 e. The van der Waals surface area contributed by atoms with Gasteiger partial charge < -0.3 is 14.2 Å². The number of H-pyrrole nitrogens is 1. The third-order valence-corrected chi connectivity index (χ3v) is 5.70. The van der Waals surface area contributed by atoms with Crippen LogP contribution < -0.4 is 10.1 Å². The molecule has 9 nitrogen and oxygen atoms in total. The quantitative estimate of drug-likeness (QED) is 0.451. The highest BCUT2D eigenvalue weighted by Gasteiger charge is 2.22. The minimum absolute atomic E-state index is 0.0980. The molecule has 2 aromatic carbocycles. The third kappa shape index (κ3) is 6.91. The Morgan fingerprint density at radius 2 is 2.20 bits per heavy atom. The number of anilines is 1. The minimum atomic E-state index is -0.719. The second-order valence-corrected chi connectivity index (χ2v) is 8.62. The van der Waals surface area contributed by atoms with Gasteiger partial charge in [0, 0.05) is 31.4 Å². The van der Waals surface area contributed by atoms with Crippen LogP contribution in [0.25, 0.3) is 11.1 Å². The molecule has 2 N–H and O–H groups in total. The Morgan fingerprint density at radius 3 is 2.94 bits per heavy atom. The third-order valence-electron chi connectivity index (χ3n) is 5.70. The van der Waals surface area contributed by atoms with Gasteiger partial charge in [-0.2, -0.15) is 5.10 Å². The van der Waals surface area contributed by atoms with E-state index < -0.39 is 12.2 Å². The van der Waals surface area contributed by atoms with Crippen LogP contribution in [0.4, 0.5) is 10.5 Å². The van der Waals surface area contributed by atoms with Crippen molar-refractivity contribution in [2.75, 3.05) is 31.6 Å². The Bertz CT molecular complexity index is 1130. The van der Waals surface area contributed by atoms with Crippen LogP contribution in [0.15, 0.2) is 54.9 Å². The zero-order valence-corrected chi connectivity index (χ0v) is 19.9. The second kappa shape index (κ2) is 11.6. The summed E-state index contributed by atoms with van der Waals surface area (Å²) < 4.78 is 17.1. The molecule has 1 amide bonds. The van der Waals surface area contributed by atoms with Gasteiger partial charge in [-0.25, -0.2) is 4.79 Å². The highest BCUT2D eigenvalue weighted by molar-refractivity contribution is 5.88. The summed E-state index contributed by atoms with van der Waals surface area (Å²) in [5.41, 5.74) is 4.08. The van der Waals surface area contributed by atoms with Crippen molar-refractivity contribution in [2.24, 2.45) is 0 Å². The number of benzene rings is 2. The highest BCUT2D eigenvalue weighted by atomic mass is 16.5. The molecule has 0 aliphatic carbocycles. The van der Waals surface area contributed by atoms with Gasteiger partial charge in [-0.3, -0.25) is 20.1 Å². The number of nitrogens with one attached hydrogen (secondary N) is 2. The number of rotatable bonds is 9. The summed E-state index contributed by atoms with van der Waals surface area (Å²) >= 11 is 0. The molecule has 4 rings (SSSR count). The van der Waals surface area contributed by atoms with E-state index in [2.05, 4.69) is 20.4 Å². The molecule has 1 aliphatic rings. The van der Waals surface area contributed by atoms with E-state index in [-0.39, 0.29) is 12.7 Å². The molecule has 184 valence electrons. The van der Waals surface area contributed by atoms with E-state index in [1.807, 2.05) is 44.2 Å². The predicted molar refractivity (Wildman–Crippen MR) is 131 cm³/mol. The number of aromatic amines is 1. The van der Waals surface area contributed by atoms with Crippen LogP contribution in [0.3, 0.4) is 0 Å². The molecule has 1 fully saturated rings. The first kappa shape index (κ1) is 24.4. The van der Waals surface area contributed by atoms with Gasteiger partial charge in [-0.1, -0.05) is 35.9 Å². The van der Waals surface area contributed by atoms with Gasteiger partial charge in [-0.15, -0.1) is 0 Å². The number of aryl methyl sites for hydroxylation is 1. The van der Waals surface area contributed by atoms with Crippen molar-refractivity contribution in [3.63, 3.8) is 0 Å². The summed E-state index contributed by atoms with van der Waals surface area (Å²) in [7, 11) is 0. The summed E-state index contributed by atoms with van der Waals surface area (Å²) in [5, 5.41) is 9.52. The van der Waals surface area contributed by atoms with Gasteiger partial charge >= 0.3 is 6.09 Å². The van der Waals surface area contributed by atoms with Gasteiger partial charge in [0.25, 0.3) is 0 Å². The molecule has 9 heteroatoms. The summed E-state index contributed by atoms with van der Waals surface area (Å²) in [6.45, 7) is 6.61. The van der Waals surface area contributed by atoms with Crippen LogP contribution >= 0.6 is 0 Å². The van der Waals surface area contributed by atoms with E-state index >= 15 is 0 Å². The zero-order valence-electron chi connectivity index (χ0n) is 19.9. The van der Waals surface area contributed by atoms with E-state index in [0.29, 0.717) is 24.6 Å². The number of ether oxygens (including phenoxy) is 3. The summed E-state index contributed by atoms with van der Waals surface area (Å²) in [5.74, 6) is 0.370. The lowest BCUT2D eigenvalue weighted by Crippen LogP contribution is -2.46. The molecule has 0 bridgehead atoms. The van der Waals surface area contributed by atoms with Gasteiger partial charge in [-0.05, 0) is 37.1 Å². The number of carbonyl (C=O) groups is 2. The average molecular weight is 479 g/mol. The van der Waals surface area contributed by atoms with Crippen molar-refractivity contribution in [1.29, 1.82) is 0 Å². The number of aromatic nitrogens is 2. The molecular formula is C26H30N4O5. The molecule has 2 unspecified atom stereocenters. The molecule has 3 aromatic rings. The lowest BCUT2D eigenvalue weighted by Gasteiger charge is -2.32. The van der Waals surface area contributed by atoms with Gasteiger partial charge in [0.1, 0.15) is 12.4 Å². The molecule has 1 saturated heterocycles. The highest BCUT2D eigenvalue weighted by Crippen LogP contribution is 2.31. The Kier molecular flexibility index (Phi) is 8.12. The lowest BCUT2D eigenvalue weighted by molar-refractivity contribution is -0.115. The van der Waals surface area contributed by atoms with E-state index in [1.165, 1.54) is 0 Å². The van der Waals surface area contributed by atoms with Crippen molar-refractivity contribution in [2.45, 2.75) is 32.7 Å². The minimum Gasteiger partial charge on any atom is -0.479 e. The monoisotopic (exact) mass is 478 g/mol. The number of morpholine rings is 1. The van der Waals surface area contributed by atoms with Gasteiger partial charge in [0.05, 0.1) is 24.6 Å². The van der Waals surface area contributed by atoms with E-state index in [9.17, 15) is 9.59 Å². The maximum absolute atomic E-state index is 12.5. The number of nitrogens with zero attached hydrogens (tertiary/aromatic N) is 2. The molecule has 0 spiro atoms. The van der Waals surface area contributed by atoms with Crippen LogP contribution in [0, 0.1) is 6.92 Å². The molecule has 2 atom stereocenters. The van der Waals surface area contributed by atoms with Crippen LogP contribution in [0.1, 0.15) is 18.1 Å². The average Bonchev–Trinajstić information content (AvgIpc) is 3.38. The number of hydrogen-bond donors (Lipinski definition) is 2. The first-order chi connectivity index (χ1) is 17.0. The molecular weight excluding hydrogens is 448 g/mol. The first-order valence-electron chi connectivity index (χ1n) is 11.6. The molecule has 35 heavy (non-hydrogen) atoms. The van der Waals surface area contributed by atoms with Crippen molar-refractivity contribution < 1.29 is 23.8 Å². The first-order valence-corrected chi connectivity index (χ1v) is 11.6. The van der Waals surface area contributed by atoms with Gasteiger partial charge in [0.15, 0.2) is 12.4 Å². The molecule has 1 aromatic heterocycles. The van der Waals surface area contributed by atoms with Crippen molar-refractivity contribution in [3.05, 3.63) is 66.0 Å². The van der Waals surface area contributed by atoms with Crippen molar-refractivity contribution in [3.8, 4) is 16.9 Å². The Balaban J connectivity index is 1.48. The topological polar surface area (TPSA) is 106 Å². The SMILES string of the molecule is Cc1cccc(COC(=O)Nc2ccc(-c3cn[nH]c3)cc2OC(C=O)CN2CCOC(C)C2)c1. The maximum Gasteiger partial charge on any atom is 0.412 e. The summed E-state index contributed by atoms with van der Waals surface area (Å²) in [6.07, 6.45) is 3.00. The Morgan fingerprint density at radius 1 is 1.31 bits per heavy atom. The number of aldehydes is 1. The number of amides is 1. The predicted octanol–water partition coefficient (Wildman–Crippen LogP) is 3.80. The summed E-state index contributed by atoms with van der Waals surface area (Å²) in [6, 6.07) is 13.1. The van der Waals surface area contributed by atoms with Crippen molar-refractivity contribution in [1.82, 2.24) is 15.1 Å².